The second-order valence-corrected chi connectivity index (χ2v) is 11.3. The molecule has 66 valence electrons. The maximum atomic E-state index is 2.56. The highest BCUT2D eigenvalue weighted by atomic mass is 127. The summed E-state index contributed by atoms with van der Waals surface area (Å²) in [7, 11) is -0.718. The van der Waals surface area contributed by atoms with Crippen molar-refractivity contribution in [1.82, 2.24) is 0 Å². The molecule has 1 fully saturated rings. The van der Waals surface area contributed by atoms with E-state index in [2.05, 4.69) is 58.3 Å². The average Bonchev–Trinajstić information content (AvgIpc) is 2.25. The highest BCUT2D eigenvalue weighted by molar-refractivity contribution is 14.1. The van der Waals surface area contributed by atoms with Crippen molar-refractivity contribution < 1.29 is 0 Å². The Kier molecular flexibility index (Phi) is 4.17. The smallest absolute Gasteiger partial charge is 0.0479 e. The van der Waals surface area contributed by atoms with Gasteiger partial charge in [0.2, 0.25) is 0 Å². The van der Waals surface area contributed by atoms with Crippen molar-refractivity contribution in [2.45, 2.75) is 25.2 Å². The molecule has 0 radical (unpaired) electrons. The Hall–Kier alpha value is 1.68. The molecule has 0 aromatic heterocycles. The summed E-state index contributed by atoms with van der Waals surface area (Å²) in [5, 5.41) is 0. The van der Waals surface area contributed by atoms with Crippen molar-refractivity contribution in [3.8, 4) is 0 Å². The van der Waals surface area contributed by atoms with Gasteiger partial charge in [0.15, 0.2) is 0 Å². The third kappa shape index (κ3) is 2.82. The van der Waals surface area contributed by atoms with Crippen LogP contribution in [0.15, 0.2) is 0 Å². The minimum atomic E-state index is -0.718. The maximum Gasteiger partial charge on any atom is 0.0479 e. The maximum absolute atomic E-state index is 2.56. The van der Waals surface area contributed by atoms with Crippen molar-refractivity contribution in [2.24, 2.45) is 11.8 Å². The fourth-order valence-corrected chi connectivity index (χ4v) is 9.39. The van der Waals surface area contributed by atoms with Crippen molar-refractivity contribution in [2.75, 3.05) is 8.86 Å². The molecule has 1 saturated heterocycles. The van der Waals surface area contributed by atoms with Gasteiger partial charge in [0.05, 0.1) is 0 Å². The van der Waals surface area contributed by atoms with E-state index in [1.165, 1.54) is 8.86 Å². The minimum Gasteiger partial charge on any atom is -0.0861 e. The van der Waals surface area contributed by atoms with Gasteiger partial charge in [0.1, 0.15) is 0 Å². The molecule has 0 aromatic carbocycles. The Balaban J connectivity index is 2.55. The standard InChI is InChI=1S/C8H16I2Si/c1-11(2)5-7(3-9)8(4-10)6-11/h7-8H,3-6H2,1-2H3/t7-,8-/m1/s1. The first-order valence-corrected chi connectivity index (χ1v) is 10.7. The molecule has 0 nitrogen and oxygen atoms in total. The number of halogens is 2. The topological polar surface area (TPSA) is 0 Å². The van der Waals surface area contributed by atoms with Crippen LogP contribution < -0.4 is 0 Å². The van der Waals surface area contributed by atoms with Crippen LogP contribution in [0.3, 0.4) is 0 Å². The number of hydrogen-bond donors (Lipinski definition) is 0. The molecule has 1 aliphatic heterocycles. The molecule has 3 heteroatoms. The number of rotatable bonds is 2. The average molecular weight is 394 g/mol. The van der Waals surface area contributed by atoms with Crippen molar-refractivity contribution >= 4 is 53.3 Å². The summed E-state index contributed by atoms with van der Waals surface area (Å²) in [5.41, 5.74) is 0. The summed E-state index contributed by atoms with van der Waals surface area (Å²) in [6.45, 7) is 5.11. The summed E-state index contributed by atoms with van der Waals surface area (Å²) in [5.74, 6) is 2.13. The van der Waals surface area contributed by atoms with Gasteiger partial charge in [0.25, 0.3) is 0 Å². The largest absolute Gasteiger partial charge is 0.0861 e. The third-order valence-electron chi connectivity index (χ3n) is 2.69. The number of hydrogen-bond acceptors (Lipinski definition) is 0. The first-order valence-electron chi connectivity index (χ1n) is 4.21. The van der Waals surface area contributed by atoms with Crippen molar-refractivity contribution in [3.63, 3.8) is 0 Å². The normalized spacial score (nSPS) is 36.0. The summed E-state index contributed by atoms with van der Waals surface area (Å²) >= 11 is 5.13. The van der Waals surface area contributed by atoms with Crippen LogP contribution in [0.1, 0.15) is 0 Å². The molecule has 0 spiro atoms. The Bertz CT molecular complexity index is 122. The van der Waals surface area contributed by atoms with Crippen LogP contribution >= 0.6 is 45.2 Å². The van der Waals surface area contributed by atoms with E-state index < -0.39 is 8.07 Å². The molecule has 0 saturated carbocycles. The Morgan fingerprint density at radius 2 is 1.45 bits per heavy atom. The quantitative estimate of drug-likeness (QED) is 0.380. The van der Waals surface area contributed by atoms with E-state index in [1.54, 1.807) is 12.1 Å². The number of alkyl halides is 2. The first-order chi connectivity index (χ1) is 5.09. The molecule has 0 bridgehead atoms. The molecule has 1 aliphatic rings. The molecule has 0 unspecified atom stereocenters. The lowest BCUT2D eigenvalue weighted by Gasteiger charge is -2.12. The minimum absolute atomic E-state index is 0.718. The van der Waals surface area contributed by atoms with Crippen LogP contribution in [0, 0.1) is 11.8 Å². The van der Waals surface area contributed by atoms with Crippen LogP contribution in [0.5, 0.6) is 0 Å². The van der Waals surface area contributed by atoms with Gasteiger partial charge < -0.3 is 0 Å². The van der Waals surface area contributed by atoms with E-state index in [4.69, 9.17) is 0 Å². The molecular formula is C8H16I2Si. The molecule has 11 heavy (non-hydrogen) atoms. The van der Waals surface area contributed by atoms with Gasteiger partial charge in [-0.1, -0.05) is 70.4 Å². The van der Waals surface area contributed by atoms with E-state index in [0.29, 0.717) is 0 Å². The zero-order valence-corrected chi connectivity index (χ0v) is 12.6. The molecule has 1 rings (SSSR count). The van der Waals surface area contributed by atoms with E-state index in [1.807, 2.05) is 0 Å². The zero-order chi connectivity index (χ0) is 8.48. The lowest BCUT2D eigenvalue weighted by Crippen LogP contribution is -2.20. The third-order valence-corrected chi connectivity index (χ3v) is 8.21. The van der Waals surface area contributed by atoms with Crippen molar-refractivity contribution in [3.05, 3.63) is 0 Å². The molecule has 0 N–H and O–H groups in total. The Morgan fingerprint density at radius 3 is 1.73 bits per heavy atom. The van der Waals surface area contributed by atoms with Crippen LogP contribution in [0.25, 0.3) is 0 Å². The molecular weight excluding hydrogens is 378 g/mol. The highest BCUT2D eigenvalue weighted by Crippen LogP contribution is 2.41. The lowest BCUT2D eigenvalue weighted by molar-refractivity contribution is 0.514. The Labute approximate surface area is 98.2 Å². The van der Waals surface area contributed by atoms with Gasteiger partial charge in [-0.15, -0.1) is 0 Å². The molecule has 1 heterocycles. The van der Waals surface area contributed by atoms with Crippen LogP contribution in [-0.2, 0) is 0 Å². The fraction of sp³-hybridized carbons (Fsp3) is 1.00. The van der Waals surface area contributed by atoms with Crippen LogP contribution in [-0.4, -0.2) is 16.9 Å². The second-order valence-electron chi connectivity index (χ2n) is 4.40. The predicted molar refractivity (Wildman–Crippen MR) is 71.9 cm³/mol. The van der Waals surface area contributed by atoms with Gasteiger partial charge in [-0.2, -0.15) is 0 Å². The molecule has 0 aromatic rings. The zero-order valence-electron chi connectivity index (χ0n) is 7.24. The Morgan fingerprint density at radius 1 is 1.09 bits per heavy atom. The SMILES string of the molecule is C[Si]1(C)C[C@@H](CI)[C@H](CI)C1. The molecule has 2 atom stereocenters. The van der Waals surface area contributed by atoms with Gasteiger partial charge in [-0.05, 0) is 11.8 Å². The van der Waals surface area contributed by atoms with Crippen LogP contribution in [0.2, 0.25) is 25.2 Å². The van der Waals surface area contributed by atoms with E-state index in [9.17, 15) is 0 Å². The lowest BCUT2D eigenvalue weighted by atomic mass is 10.0. The fourth-order valence-electron chi connectivity index (χ4n) is 2.20. The summed E-state index contributed by atoms with van der Waals surface area (Å²) in [6.07, 6.45) is 0. The van der Waals surface area contributed by atoms with Gasteiger partial charge in [-0.25, -0.2) is 0 Å². The van der Waals surface area contributed by atoms with Crippen molar-refractivity contribution in [1.29, 1.82) is 0 Å². The van der Waals surface area contributed by atoms with E-state index in [-0.39, 0.29) is 0 Å². The predicted octanol–water partition coefficient (Wildman–Crippen LogP) is 3.81. The summed E-state index contributed by atoms with van der Waals surface area (Å²) in [4.78, 5) is 0. The molecule has 0 aliphatic carbocycles. The van der Waals surface area contributed by atoms with E-state index in [0.717, 1.165) is 11.8 Å². The van der Waals surface area contributed by atoms with Crippen LogP contribution in [0.4, 0.5) is 0 Å². The molecule has 0 amide bonds. The first kappa shape index (κ1) is 10.8. The highest BCUT2D eigenvalue weighted by Gasteiger charge is 2.38. The monoisotopic (exact) mass is 394 g/mol. The second kappa shape index (κ2) is 4.26. The summed E-state index contributed by atoms with van der Waals surface area (Å²) < 4.78 is 2.78. The van der Waals surface area contributed by atoms with Gasteiger partial charge >= 0.3 is 0 Å². The van der Waals surface area contributed by atoms with E-state index >= 15 is 0 Å². The van der Waals surface area contributed by atoms with Gasteiger partial charge in [-0.3, -0.25) is 0 Å². The summed E-state index contributed by atoms with van der Waals surface area (Å²) in [6, 6.07) is 3.17. The van der Waals surface area contributed by atoms with Gasteiger partial charge in [0, 0.05) is 16.9 Å².